The van der Waals surface area contributed by atoms with Crippen LogP contribution in [0.25, 0.3) is 11.5 Å². The van der Waals surface area contributed by atoms with Crippen molar-refractivity contribution >= 4 is 11.6 Å². The van der Waals surface area contributed by atoms with E-state index in [0.29, 0.717) is 17.4 Å². The molecule has 0 spiro atoms. The van der Waals surface area contributed by atoms with Crippen LogP contribution in [-0.4, -0.2) is 24.2 Å². The van der Waals surface area contributed by atoms with Gasteiger partial charge >= 0.3 is 0 Å². The number of pyridine rings is 4. The molecule has 1 aliphatic rings. The van der Waals surface area contributed by atoms with E-state index in [0.717, 1.165) is 24.6 Å². The number of aromatic nitrogens is 4. The van der Waals surface area contributed by atoms with Gasteiger partial charge in [-0.15, -0.1) is 0 Å². The molecule has 202 valence electrons. The Morgan fingerprint density at radius 1 is 1.13 bits per heavy atom. The van der Waals surface area contributed by atoms with Crippen LogP contribution in [0, 0.1) is 18.6 Å². The lowest BCUT2D eigenvalue weighted by Crippen LogP contribution is -2.32. The lowest BCUT2D eigenvalue weighted by molar-refractivity contribution is 0.0769. The maximum absolute atomic E-state index is 13.9. The van der Waals surface area contributed by atoms with Gasteiger partial charge in [-0.25, -0.2) is 13.8 Å². The molecule has 0 bridgehead atoms. The fraction of sp³-hybridized carbons (Fsp3) is 0.286. The normalized spacial score (nSPS) is 13.5. The molecule has 0 amide bonds. The van der Waals surface area contributed by atoms with Crippen molar-refractivity contribution in [3.8, 4) is 17.3 Å². The first-order chi connectivity index (χ1) is 18.4. The van der Waals surface area contributed by atoms with Gasteiger partial charge in [0.1, 0.15) is 29.7 Å². The Balaban J connectivity index is 1.56. The summed E-state index contributed by atoms with van der Waals surface area (Å²) in [6, 6.07) is 6.77. The summed E-state index contributed by atoms with van der Waals surface area (Å²) >= 11 is 6.22. The van der Waals surface area contributed by atoms with Crippen molar-refractivity contribution in [2.75, 3.05) is 0 Å². The second kappa shape index (κ2) is 10.0. The molecule has 1 saturated carbocycles. The standard InChI is InChI=1S/C28H25ClF2N4O4/c1-15-8-18(39-14-22-21(31)9-17(30)12-32-22)10-25(36)35(15)23-11-24(33-13-19(23)16-4-5-16)34-7-6-20(29)26(27(34)37)28(2,3)38/h6-13,16,38H,4-5,14H2,1-3H3. The van der Waals surface area contributed by atoms with Gasteiger partial charge < -0.3 is 9.84 Å². The fourth-order valence-corrected chi connectivity index (χ4v) is 4.86. The molecule has 1 aliphatic carbocycles. The topological polar surface area (TPSA) is 99.2 Å². The van der Waals surface area contributed by atoms with Crippen molar-refractivity contribution < 1.29 is 18.6 Å². The largest absolute Gasteiger partial charge is 0.487 e. The van der Waals surface area contributed by atoms with E-state index in [1.807, 2.05) is 0 Å². The fourth-order valence-electron chi connectivity index (χ4n) is 4.49. The summed E-state index contributed by atoms with van der Waals surface area (Å²) in [6.07, 6.45) is 5.92. The van der Waals surface area contributed by atoms with E-state index in [-0.39, 0.29) is 40.4 Å². The molecule has 4 aromatic rings. The maximum Gasteiger partial charge on any atom is 0.263 e. The molecule has 0 atom stereocenters. The van der Waals surface area contributed by atoms with E-state index in [2.05, 4.69) is 9.97 Å². The molecular weight excluding hydrogens is 530 g/mol. The van der Waals surface area contributed by atoms with Crippen LogP contribution in [0.3, 0.4) is 0 Å². The van der Waals surface area contributed by atoms with Gasteiger partial charge in [0.05, 0.1) is 28.1 Å². The van der Waals surface area contributed by atoms with E-state index >= 15 is 0 Å². The summed E-state index contributed by atoms with van der Waals surface area (Å²) in [4.78, 5) is 34.8. The lowest BCUT2D eigenvalue weighted by Gasteiger charge is -2.20. The van der Waals surface area contributed by atoms with Crippen molar-refractivity contribution in [1.29, 1.82) is 0 Å². The Bertz CT molecular complexity index is 1710. The smallest absolute Gasteiger partial charge is 0.263 e. The van der Waals surface area contributed by atoms with Crippen LogP contribution in [-0.2, 0) is 12.2 Å². The average molecular weight is 555 g/mol. The zero-order valence-electron chi connectivity index (χ0n) is 21.4. The minimum Gasteiger partial charge on any atom is -0.487 e. The molecule has 0 aliphatic heterocycles. The number of ether oxygens (including phenoxy) is 1. The van der Waals surface area contributed by atoms with E-state index in [1.54, 1.807) is 25.3 Å². The van der Waals surface area contributed by atoms with Gasteiger partial charge in [0.2, 0.25) is 0 Å². The zero-order valence-corrected chi connectivity index (χ0v) is 22.2. The van der Waals surface area contributed by atoms with Crippen LogP contribution in [0.4, 0.5) is 8.78 Å². The van der Waals surface area contributed by atoms with Crippen LogP contribution >= 0.6 is 11.6 Å². The van der Waals surface area contributed by atoms with E-state index in [4.69, 9.17) is 16.3 Å². The third-order valence-corrected chi connectivity index (χ3v) is 6.82. The van der Waals surface area contributed by atoms with Gasteiger partial charge in [-0.2, -0.15) is 0 Å². The molecular formula is C28H25ClF2N4O4. The molecule has 0 saturated heterocycles. The summed E-state index contributed by atoms with van der Waals surface area (Å²) in [7, 11) is 0. The monoisotopic (exact) mass is 554 g/mol. The Labute approximate surface area is 227 Å². The highest BCUT2D eigenvalue weighted by molar-refractivity contribution is 6.31. The van der Waals surface area contributed by atoms with E-state index in [9.17, 15) is 23.5 Å². The predicted molar refractivity (Wildman–Crippen MR) is 141 cm³/mol. The molecule has 39 heavy (non-hydrogen) atoms. The maximum atomic E-state index is 13.9. The molecule has 1 N–H and O–H groups in total. The molecule has 0 radical (unpaired) electrons. The van der Waals surface area contributed by atoms with Gasteiger partial charge in [-0.05, 0) is 51.2 Å². The highest BCUT2D eigenvalue weighted by atomic mass is 35.5. The Morgan fingerprint density at radius 2 is 1.87 bits per heavy atom. The quantitative estimate of drug-likeness (QED) is 0.355. The van der Waals surface area contributed by atoms with E-state index < -0.39 is 28.4 Å². The Morgan fingerprint density at radius 3 is 2.51 bits per heavy atom. The highest BCUT2D eigenvalue weighted by Gasteiger charge is 2.29. The minimum atomic E-state index is -1.48. The number of hydrogen-bond acceptors (Lipinski definition) is 6. The Kier molecular flexibility index (Phi) is 6.86. The van der Waals surface area contributed by atoms with Crippen LogP contribution in [0.5, 0.6) is 5.75 Å². The first kappa shape index (κ1) is 26.7. The molecule has 11 heteroatoms. The van der Waals surface area contributed by atoms with Crippen molar-refractivity contribution in [3.63, 3.8) is 0 Å². The molecule has 0 unspecified atom stereocenters. The molecule has 0 aromatic carbocycles. The zero-order chi connectivity index (χ0) is 28.1. The first-order valence-electron chi connectivity index (χ1n) is 12.2. The second-order valence-corrected chi connectivity index (χ2v) is 10.4. The average Bonchev–Trinajstić information content (AvgIpc) is 3.68. The molecule has 4 heterocycles. The number of hydrogen-bond donors (Lipinski definition) is 1. The summed E-state index contributed by atoms with van der Waals surface area (Å²) in [5.74, 6) is -0.958. The number of aliphatic hydroxyl groups is 1. The van der Waals surface area contributed by atoms with Gasteiger partial charge in [0, 0.05) is 42.4 Å². The van der Waals surface area contributed by atoms with Crippen LogP contribution in [0.15, 0.2) is 58.5 Å². The molecule has 1 fully saturated rings. The number of rotatable bonds is 7. The third-order valence-electron chi connectivity index (χ3n) is 6.51. The minimum absolute atomic E-state index is 0.0308. The van der Waals surface area contributed by atoms with Gasteiger partial charge in [0.15, 0.2) is 5.82 Å². The van der Waals surface area contributed by atoms with Crippen LogP contribution in [0.1, 0.15) is 55.1 Å². The van der Waals surface area contributed by atoms with Crippen molar-refractivity contribution in [2.24, 2.45) is 0 Å². The van der Waals surface area contributed by atoms with Crippen LogP contribution in [0.2, 0.25) is 5.02 Å². The lowest BCUT2D eigenvalue weighted by atomic mass is 10.00. The van der Waals surface area contributed by atoms with Gasteiger partial charge in [0.25, 0.3) is 11.1 Å². The summed E-state index contributed by atoms with van der Waals surface area (Å²) in [6.45, 7) is 4.39. The number of aryl methyl sites for hydroxylation is 1. The van der Waals surface area contributed by atoms with E-state index in [1.165, 1.54) is 41.3 Å². The predicted octanol–water partition coefficient (Wildman–Crippen LogP) is 4.70. The van der Waals surface area contributed by atoms with Crippen molar-refractivity contribution in [2.45, 2.75) is 51.7 Å². The molecule has 4 aromatic heterocycles. The molecule has 5 rings (SSSR count). The highest BCUT2D eigenvalue weighted by Crippen LogP contribution is 2.42. The molecule has 8 nitrogen and oxygen atoms in total. The summed E-state index contributed by atoms with van der Waals surface area (Å²) in [5.41, 5.74) is -0.516. The third kappa shape index (κ3) is 5.35. The SMILES string of the molecule is Cc1cc(OCc2ncc(F)cc2F)cc(=O)n1-c1cc(-n2ccc(Cl)c(C(C)(C)O)c2=O)ncc1C1CC1. The Hall–Kier alpha value is -3.89. The summed E-state index contributed by atoms with van der Waals surface area (Å²) < 4.78 is 35.4. The summed E-state index contributed by atoms with van der Waals surface area (Å²) in [5, 5.41) is 10.6. The van der Waals surface area contributed by atoms with Gasteiger partial charge in [-0.3, -0.25) is 23.7 Å². The number of halogens is 3. The van der Waals surface area contributed by atoms with Crippen molar-refractivity contribution in [3.05, 3.63) is 109 Å². The number of nitrogens with zero attached hydrogens (tertiary/aromatic N) is 4. The first-order valence-corrected chi connectivity index (χ1v) is 12.6. The van der Waals surface area contributed by atoms with Crippen molar-refractivity contribution in [1.82, 2.24) is 19.1 Å². The van der Waals surface area contributed by atoms with Crippen LogP contribution < -0.4 is 15.9 Å². The second-order valence-electron chi connectivity index (χ2n) is 10.0. The van der Waals surface area contributed by atoms with Gasteiger partial charge in [-0.1, -0.05) is 11.6 Å².